The summed E-state index contributed by atoms with van der Waals surface area (Å²) in [6.07, 6.45) is 0. The Kier molecular flexibility index (Phi) is 5.91. The van der Waals surface area contributed by atoms with Crippen molar-refractivity contribution in [2.24, 2.45) is 21.9 Å². The van der Waals surface area contributed by atoms with Gasteiger partial charge in [-0.05, 0) is 48.5 Å². The molecule has 6 nitrogen and oxygen atoms in total. The van der Waals surface area contributed by atoms with Crippen molar-refractivity contribution in [2.45, 2.75) is 0 Å². The second-order valence-corrected chi connectivity index (χ2v) is 5.99. The number of hydrogen-bond donors (Lipinski definition) is 2. The number of benzene rings is 3. The molecule has 0 atom stereocenters. The zero-order chi connectivity index (χ0) is 19.9. The van der Waals surface area contributed by atoms with Crippen molar-refractivity contribution < 1.29 is 9.47 Å². The fraction of sp³-hybridized carbons (Fsp3) is 0.0909. The number of rotatable bonds is 6. The zero-order valence-corrected chi connectivity index (χ0v) is 15.8. The van der Waals surface area contributed by atoms with Crippen LogP contribution in [-0.4, -0.2) is 25.6 Å². The first-order valence-corrected chi connectivity index (χ1v) is 8.65. The molecule has 6 heteroatoms. The summed E-state index contributed by atoms with van der Waals surface area (Å²) in [5, 5.41) is 7.93. The summed E-state index contributed by atoms with van der Waals surface area (Å²) in [6, 6.07) is 22.9. The fourth-order valence-electron chi connectivity index (χ4n) is 2.92. The molecular weight excluding hydrogens is 352 g/mol. The summed E-state index contributed by atoms with van der Waals surface area (Å²) in [6.45, 7) is 0. The van der Waals surface area contributed by atoms with E-state index in [9.17, 15) is 0 Å². The molecule has 4 N–H and O–H groups in total. The van der Waals surface area contributed by atoms with Gasteiger partial charge in [0.2, 0.25) is 0 Å². The van der Waals surface area contributed by atoms with E-state index in [1.165, 1.54) is 0 Å². The quantitative estimate of drug-likeness (QED) is 0.394. The predicted molar refractivity (Wildman–Crippen MR) is 112 cm³/mol. The van der Waals surface area contributed by atoms with Crippen molar-refractivity contribution in [2.75, 3.05) is 14.2 Å². The lowest BCUT2D eigenvalue weighted by Gasteiger charge is -2.10. The van der Waals surface area contributed by atoms with E-state index in [0.717, 1.165) is 33.8 Å². The average molecular weight is 374 g/mol. The SMILES string of the molecule is COc1ccc(C(=NN)c2ccc(C(=NN)c3ccc(OC)cc3)cc2)cc1. The molecule has 28 heavy (non-hydrogen) atoms. The topological polar surface area (TPSA) is 95.2 Å². The monoisotopic (exact) mass is 374 g/mol. The van der Waals surface area contributed by atoms with Crippen LogP contribution in [0.25, 0.3) is 0 Å². The van der Waals surface area contributed by atoms with Gasteiger partial charge in [-0.3, -0.25) is 0 Å². The van der Waals surface area contributed by atoms with Crippen LogP contribution in [0.3, 0.4) is 0 Å². The van der Waals surface area contributed by atoms with Crippen LogP contribution < -0.4 is 21.2 Å². The molecule has 0 aliphatic heterocycles. The highest BCUT2D eigenvalue weighted by Gasteiger charge is 2.11. The van der Waals surface area contributed by atoms with Crippen LogP contribution in [0.15, 0.2) is 83.0 Å². The van der Waals surface area contributed by atoms with E-state index in [1.54, 1.807) is 14.2 Å². The Hall–Kier alpha value is -3.80. The maximum Gasteiger partial charge on any atom is 0.118 e. The molecule has 0 saturated carbocycles. The standard InChI is InChI=1S/C22H22N4O2/c1-27-19-11-7-17(8-12-19)21(25-23)15-3-5-16(6-4-15)22(26-24)18-9-13-20(28-2)14-10-18/h3-14H,23-24H2,1-2H3. The molecule has 0 bridgehead atoms. The van der Waals surface area contributed by atoms with Gasteiger partial charge in [-0.1, -0.05) is 24.3 Å². The first-order chi connectivity index (χ1) is 13.7. The predicted octanol–water partition coefficient (Wildman–Crippen LogP) is 3.13. The minimum Gasteiger partial charge on any atom is -0.497 e. The van der Waals surface area contributed by atoms with E-state index in [0.29, 0.717) is 11.4 Å². The van der Waals surface area contributed by atoms with Gasteiger partial charge in [0.1, 0.15) is 11.5 Å². The van der Waals surface area contributed by atoms with Gasteiger partial charge >= 0.3 is 0 Å². The highest BCUT2D eigenvalue weighted by molar-refractivity contribution is 6.15. The smallest absolute Gasteiger partial charge is 0.118 e. The third-order valence-corrected chi connectivity index (χ3v) is 4.42. The van der Waals surface area contributed by atoms with Gasteiger partial charge in [0.05, 0.1) is 25.6 Å². The van der Waals surface area contributed by atoms with Gasteiger partial charge in [-0.2, -0.15) is 10.2 Å². The van der Waals surface area contributed by atoms with Gasteiger partial charge in [0.15, 0.2) is 0 Å². The van der Waals surface area contributed by atoms with Crippen LogP contribution in [0.5, 0.6) is 11.5 Å². The highest BCUT2D eigenvalue weighted by Crippen LogP contribution is 2.19. The average Bonchev–Trinajstić information content (AvgIpc) is 2.77. The van der Waals surface area contributed by atoms with E-state index >= 15 is 0 Å². The number of methoxy groups -OCH3 is 2. The van der Waals surface area contributed by atoms with Crippen molar-refractivity contribution in [3.05, 3.63) is 95.1 Å². The lowest BCUT2D eigenvalue weighted by Crippen LogP contribution is -2.09. The normalized spacial score (nSPS) is 11.9. The molecule has 0 aromatic heterocycles. The summed E-state index contributed by atoms with van der Waals surface area (Å²) >= 11 is 0. The van der Waals surface area contributed by atoms with E-state index in [-0.39, 0.29) is 0 Å². The van der Waals surface area contributed by atoms with Crippen molar-refractivity contribution in [1.29, 1.82) is 0 Å². The van der Waals surface area contributed by atoms with Gasteiger partial charge in [-0.15, -0.1) is 0 Å². The van der Waals surface area contributed by atoms with Gasteiger partial charge < -0.3 is 21.2 Å². The van der Waals surface area contributed by atoms with Crippen LogP contribution >= 0.6 is 0 Å². The first-order valence-electron chi connectivity index (χ1n) is 8.65. The van der Waals surface area contributed by atoms with Crippen molar-refractivity contribution in [3.63, 3.8) is 0 Å². The maximum absolute atomic E-state index is 5.65. The summed E-state index contributed by atoms with van der Waals surface area (Å²) in [5.41, 5.74) is 4.96. The van der Waals surface area contributed by atoms with Gasteiger partial charge in [0.25, 0.3) is 0 Å². The van der Waals surface area contributed by atoms with Crippen LogP contribution in [0.4, 0.5) is 0 Å². The molecule has 142 valence electrons. The second kappa shape index (κ2) is 8.73. The molecule has 0 unspecified atom stereocenters. The summed E-state index contributed by atoms with van der Waals surface area (Å²) < 4.78 is 10.4. The largest absolute Gasteiger partial charge is 0.497 e. The lowest BCUT2D eigenvalue weighted by atomic mass is 9.97. The van der Waals surface area contributed by atoms with Crippen LogP contribution in [0.2, 0.25) is 0 Å². The lowest BCUT2D eigenvalue weighted by molar-refractivity contribution is 0.414. The fourth-order valence-corrected chi connectivity index (χ4v) is 2.92. The minimum absolute atomic E-state index is 0.685. The summed E-state index contributed by atoms with van der Waals surface area (Å²) in [7, 11) is 3.26. The molecule has 0 heterocycles. The molecule has 3 rings (SSSR count). The molecule has 0 amide bonds. The van der Waals surface area contributed by atoms with E-state index in [1.807, 2.05) is 72.8 Å². The summed E-state index contributed by atoms with van der Waals surface area (Å²) in [5.74, 6) is 12.9. The van der Waals surface area contributed by atoms with Crippen LogP contribution in [0.1, 0.15) is 22.3 Å². The molecule has 0 spiro atoms. The molecule has 3 aromatic carbocycles. The molecule has 0 saturated heterocycles. The highest BCUT2D eigenvalue weighted by atomic mass is 16.5. The minimum atomic E-state index is 0.685. The Morgan fingerprint density at radius 3 is 1.00 bits per heavy atom. The van der Waals surface area contributed by atoms with Gasteiger partial charge in [0, 0.05) is 22.3 Å². The van der Waals surface area contributed by atoms with Gasteiger partial charge in [-0.25, -0.2) is 0 Å². The van der Waals surface area contributed by atoms with Crippen molar-refractivity contribution >= 4 is 11.4 Å². The van der Waals surface area contributed by atoms with Crippen molar-refractivity contribution in [1.82, 2.24) is 0 Å². The number of nitrogens with zero attached hydrogens (tertiary/aromatic N) is 2. The molecule has 3 aromatic rings. The first kappa shape index (κ1) is 19.0. The summed E-state index contributed by atoms with van der Waals surface area (Å²) in [4.78, 5) is 0. The Bertz CT molecular complexity index is 894. The van der Waals surface area contributed by atoms with E-state index in [2.05, 4.69) is 10.2 Å². The Balaban J connectivity index is 1.88. The Labute approximate surface area is 164 Å². The van der Waals surface area contributed by atoms with Crippen LogP contribution in [-0.2, 0) is 0 Å². The third-order valence-electron chi connectivity index (χ3n) is 4.42. The third kappa shape index (κ3) is 3.96. The van der Waals surface area contributed by atoms with E-state index in [4.69, 9.17) is 21.2 Å². The maximum atomic E-state index is 5.65. The number of nitrogens with two attached hydrogens (primary N) is 2. The number of ether oxygens (including phenoxy) is 2. The molecular formula is C22H22N4O2. The molecule has 0 fully saturated rings. The number of hydrazone groups is 2. The Morgan fingerprint density at radius 2 is 0.786 bits per heavy atom. The second-order valence-electron chi connectivity index (χ2n) is 5.99. The zero-order valence-electron chi connectivity index (χ0n) is 15.8. The number of hydrogen-bond acceptors (Lipinski definition) is 6. The molecule has 0 radical (unpaired) electrons. The van der Waals surface area contributed by atoms with Crippen LogP contribution in [0, 0.1) is 0 Å². The van der Waals surface area contributed by atoms with Crippen molar-refractivity contribution in [3.8, 4) is 11.5 Å². The Morgan fingerprint density at radius 1 is 0.536 bits per heavy atom. The molecule has 0 aliphatic rings. The molecule has 0 aliphatic carbocycles. The van der Waals surface area contributed by atoms with E-state index < -0.39 is 0 Å².